The Bertz CT molecular complexity index is 1090. The molecule has 1 aliphatic rings. The van der Waals surface area contributed by atoms with Gasteiger partial charge in [-0.3, -0.25) is 14.9 Å². The predicted molar refractivity (Wildman–Crippen MR) is 112 cm³/mol. The second-order valence-electron chi connectivity index (χ2n) is 7.21. The normalized spacial score (nSPS) is 14.1. The van der Waals surface area contributed by atoms with E-state index in [0.717, 1.165) is 22.9 Å². The lowest BCUT2D eigenvalue weighted by Gasteiger charge is -2.36. The SMILES string of the molecule is Cc1nn(-c2ccccn2)c(C)c1N1CCN(C(=O)c2cccc([N+](=O)[O-])c2)CC1. The van der Waals surface area contributed by atoms with Crippen LogP contribution < -0.4 is 4.90 Å². The maximum atomic E-state index is 12.8. The Balaban J connectivity index is 1.49. The van der Waals surface area contributed by atoms with Gasteiger partial charge in [0.15, 0.2) is 5.82 Å². The number of pyridine rings is 1. The van der Waals surface area contributed by atoms with Crippen LogP contribution in [0.2, 0.25) is 0 Å². The van der Waals surface area contributed by atoms with Crippen LogP contribution >= 0.6 is 0 Å². The quantitative estimate of drug-likeness (QED) is 0.488. The van der Waals surface area contributed by atoms with E-state index in [4.69, 9.17) is 0 Å². The lowest BCUT2D eigenvalue weighted by Crippen LogP contribution is -2.49. The molecule has 154 valence electrons. The third-order valence-corrected chi connectivity index (χ3v) is 5.31. The highest BCUT2D eigenvalue weighted by Crippen LogP contribution is 2.27. The highest BCUT2D eigenvalue weighted by atomic mass is 16.6. The molecule has 0 saturated carbocycles. The summed E-state index contributed by atoms with van der Waals surface area (Å²) in [5.74, 6) is 0.583. The molecule has 1 fully saturated rings. The fourth-order valence-electron chi connectivity index (χ4n) is 3.86. The number of piperazine rings is 1. The van der Waals surface area contributed by atoms with Crippen LogP contribution in [-0.4, -0.2) is 56.7 Å². The molecule has 9 heteroatoms. The first-order chi connectivity index (χ1) is 14.5. The van der Waals surface area contributed by atoms with Gasteiger partial charge in [0.2, 0.25) is 0 Å². The van der Waals surface area contributed by atoms with Gasteiger partial charge in [-0.1, -0.05) is 12.1 Å². The topological polar surface area (TPSA) is 97.4 Å². The minimum Gasteiger partial charge on any atom is -0.365 e. The lowest BCUT2D eigenvalue weighted by atomic mass is 10.1. The number of hydrogen-bond donors (Lipinski definition) is 0. The zero-order valence-electron chi connectivity index (χ0n) is 16.9. The molecular weight excluding hydrogens is 384 g/mol. The average Bonchev–Trinajstić information content (AvgIpc) is 3.08. The summed E-state index contributed by atoms with van der Waals surface area (Å²) in [5.41, 5.74) is 3.24. The number of carbonyl (C=O) groups excluding carboxylic acids is 1. The van der Waals surface area contributed by atoms with Gasteiger partial charge in [0.1, 0.15) is 0 Å². The van der Waals surface area contributed by atoms with Gasteiger partial charge in [-0.15, -0.1) is 0 Å². The standard InChI is InChI=1S/C21H22N6O3/c1-15-20(16(2)26(23-15)19-8-3-4-9-22-19)24-10-12-25(13-11-24)21(28)17-6-5-7-18(14-17)27(29)30/h3-9,14H,10-13H2,1-2H3. The molecule has 0 spiro atoms. The molecule has 0 radical (unpaired) electrons. The average molecular weight is 406 g/mol. The monoisotopic (exact) mass is 406 g/mol. The fraction of sp³-hybridized carbons (Fsp3) is 0.286. The van der Waals surface area contributed by atoms with Gasteiger partial charge in [-0.25, -0.2) is 9.67 Å². The second kappa shape index (κ2) is 7.94. The molecule has 0 N–H and O–H groups in total. The molecule has 2 aromatic heterocycles. The van der Waals surface area contributed by atoms with Crippen molar-refractivity contribution < 1.29 is 9.72 Å². The van der Waals surface area contributed by atoms with Crippen LogP contribution in [0, 0.1) is 24.0 Å². The van der Waals surface area contributed by atoms with Gasteiger partial charge < -0.3 is 9.80 Å². The minimum absolute atomic E-state index is 0.0762. The van der Waals surface area contributed by atoms with E-state index in [1.807, 2.05) is 36.7 Å². The van der Waals surface area contributed by atoms with Gasteiger partial charge in [-0.05, 0) is 32.0 Å². The van der Waals surface area contributed by atoms with Gasteiger partial charge in [0.05, 0.1) is 22.0 Å². The van der Waals surface area contributed by atoms with Crippen LogP contribution in [0.25, 0.3) is 5.82 Å². The number of nitrogens with zero attached hydrogens (tertiary/aromatic N) is 6. The Labute approximate surface area is 173 Å². The predicted octanol–water partition coefficient (Wildman–Crippen LogP) is 2.75. The summed E-state index contributed by atoms with van der Waals surface area (Å²) in [5, 5.41) is 15.6. The van der Waals surface area contributed by atoms with E-state index in [9.17, 15) is 14.9 Å². The minimum atomic E-state index is -0.487. The molecule has 4 rings (SSSR count). The third-order valence-electron chi connectivity index (χ3n) is 5.31. The summed E-state index contributed by atoms with van der Waals surface area (Å²) in [4.78, 5) is 31.6. The molecule has 1 aromatic carbocycles. The van der Waals surface area contributed by atoms with Crippen LogP contribution in [0.4, 0.5) is 11.4 Å². The molecular formula is C21H22N6O3. The molecule has 1 saturated heterocycles. The molecule has 3 aromatic rings. The van der Waals surface area contributed by atoms with Crippen molar-refractivity contribution in [2.45, 2.75) is 13.8 Å². The van der Waals surface area contributed by atoms with Gasteiger partial charge in [0.25, 0.3) is 11.6 Å². The number of aryl methyl sites for hydroxylation is 1. The Morgan fingerprint density at radius 3 is 2.50 bits per heavy atom. The number of rotatable bonds is 4. The summed E-state index contributed by atoms with van der Waals surface area (Å²) >= 11 is 0. The number of amides is 1. The first-order valence-corrected chi connectivity index (χ1v) is 9.72. The maximum absolute atomic E-state index is 12.8. The summed E-state index contributed by atoms with van der Waals surface area (Å²) < 4.78 is 1.84. The molecule has 0 bridgehead atoms. The number of hydrogen-bond acceptors (Lipinski definition) is 6. The summed E-state index contributed by atoms with van der Waals surface area (Å²) in [6, 6.07) is 11.6. The van der Waals surface area contributed by atoms with Crippen LogP contribution in [-0.2, 0) is 0 Å². The second-order valence-corrected chi connectivity index (χ2v) is 7.21. The van der Waals surface area contributed by atoms with Crippen molar-refractivity contribution in [3.63, 3.8) is 0 Å². The third kappa shape index (κ3) is 3.61. The number of carbonyl (C=O) groups is 1. The van der Waals surface area contributed by atoms with Crippen molar-refractivity contribution in [3.05, 3.63) is 75.7 Å². The van der Waals surface area contributed by atoms with E-state index in [0.29, 0.717) is 31.7 Å². The molecule has 30 heavy (non-hydrogen) atoms. The van der Waals surface area contributed by atoms with Gasteiger partial charge in [0, 0.05) is 50.1 Å². The Hall–Kier alpha value is -3.75. The Morgan fingerprint density at radius 1 is 1.07 bits per heavy atom. The van der Waals surface area contributed by atoms with E-state index in [-0.39, 0.29) is 11.6 Å². The zero-order valence-corrected chi connectivity index (χ0v) is 16.9. The van der Waals surface area contributed by atoms with E-state index < -0.39 is 4.92 Å². The first-order valence-electron chi connectivity index (χ1n) is 9.72. The van der Waals surface area contributed by atoms with Crippen LogP contribution in [0.5, 0.6) is 0 Å². The number of nitro benzene ring substituents is 1. The van der Waals surface area contributed by atoms with Crippen molar-refractivity contribution in [1.29, 1.82) is 0 Å². The number of benzene rings is 1. The first kappa shape index (κ1) is 19.6. The summed E-state index contributed by atoms with van der Waals surface area (Å²) in [6.07, 6.45) is 1.74. The highest BCUT2D eigenvalue weighted by Gasteiger charge is 2.26. The van der Waals surface area contributed by atoms with Gasteiger partial charge in [-0.2, -0.15) is 5.10 Å². The molecule has 1 amide bonds. The van der Waals surface area contributed by atoms with Crippen molar-refractivity contribution in [3.8, 4) is 5.82 Å². The lowest BCUT2D eigenvalue weighted by molar-refractivity contribution is -0.384. The Kier molecular flexibility index (Phi) is 5.18. The number of anilines is 1. The van der Waals surface area contributed by atoms with Crippen molar-refractivity contribution in [2.75, 3.05) is 31.1 Å². The smallest absolute Gasteiger partial charge is 0.270 e. The molecule has 1 aliphatic heterocycles. The highest BCUT2D eigenvalue weighted by molar-refractivity contribution is 5.95. The van der Waals surface area contributed by atoms with E-state index in [1.165, 1.54) is 12.1 Å². The van der Waals surface area contributed by atoms with E-state index in [2.05, 4.69) is 15.0 Å². The van der Waals surface area contributed by atoms with E-state index in [1.54, 1.807) is 23.2 Å². The zero-order chi connectivity index (χ0) is 21.3. The number of nitro groups is 1. The molecule has 9 nitrogen and oxygen atoms in total. The number of aromatic nitrogens is 3. The van der Waals surface area contributed by atoms with Crippen LogP contribution in [0.1, 0.15) is 21.7 Å². The van der Waals surface area contributed by atoms with Crippen LogP contribution in [0.15, 0.2) is 48.7 Å². The summed E-state index contributed by atoms with van der Waals surface area (Å²) in [7, 11) is 0. The number of non-ortho nitro benzene ring substituents is 1. The van der Waals surface area contributed by atoms with Gasteiger partial charge >= 0.3 is 0 Å². The molecule has 0 aliphatic carbocycles. The molecule has 0 atom stereocenters. The van der Waals surface area contributed by atoms with E-state index >= 15 is 0 Å². The fourth-order valence-corrected chi connectivity index (χ4v) is 3.86. The van der Waals surface area contributed by atoms with Crippen LogP contribution in [0.3, 0.4) is 0 Å². The maximum Gasteiger partial charge on any atom is 0.270 e. The Morgan fingerprint density at radius 2 is 1.83 bits per heavy atom. The molecule has 3 heterocycles. The van der Waals surface area contributed by atoms with Crippen molar-refractivity contribution in [1.82, 2.24) is 19.7 Å². The largest absolute Gasteiger partial charge is 0.365 e. The van der Waals surface area contributed by atoms with Crippen molar-refractivity contribution >= 4 is 17.3 Å². The molecule has 0 unspecified atom stereocenters. The van der Waals surface area contributed by atoms with Crippen molar-refractivity contribution in [2.24, 2.45) is 0 Å². The summed E-state index contributed by atoms with van der Waals surface area (Å²) in [6.45, 7) is 6.39.